The standard InChI is InChI=1S/C17H11Cl2N3O3/c18-10-4-3-5-11(8-10)22-16(24)12(15(23)21-17(22)25)9-20-14-7-2-1-6-13(14)19/h1-9,24H,(H,21,23,25). The minimum Gasteiger partial charge on any atom is -0.493 e. The van der Waals surface area contributed by atoms with E-state index in [2.05, 4.69) is 9.98 Å². The van der Waals surface area contributed by atoms with Gasteiger partial charge in [-0.3, -0.25) is 14.8 Å². The van der Waals surface area contributed by atoms with Crippen LogP contribution in [0.15, 0.2) is 63.1 Å². The summed E-state index contributed by atoms with van der Waals surface area (Å²) in [6.45, 7) is 0. The highest BCUT2D eigenvalue weighted by atomic mass is 35.5. The lowest BCUT2D eigenvalue weighted by molar-refractivity contribution is 0.430. The number of aromatic hydroxyl groups is 1. The molecule has 1 heterocycles. The molecule has 25 heavy (non-hydrogen) atoms. The first-order valence-corrected chi connectivity index (χ1v) is 7.86. The Morgan fingerprint density at radius 3 is 2.56 bits per heavy atom. The average molecular weight is 376 g/mol. The van der Waals surface area contributed by atoms with Crippen LogP contribution in [0.2, 0.25) is 10.0 Å². The number of benzene rings is 2. The van der Waals surface area contributed by atoms with Crippen LogP contribution in [0.1, 0.15) is 5.56 Å². The van der Waals surface area contributed by atoms with Crippen LogP contribution in [0.5, 0.6) is 5.88 Å². The van der Waals surface area contributed by atoms with E-state index in [1.54, 1.807) is 42.5 Å². The minimum absolute atomic E-state index is 0.181. The molecule has 2 aromatic carbocycles. The summed E-state index contributed by atoms with van der Waals surface area (Å²) in [5, 5.41) is 11.2. The van der Waals surface area contributed by atoms with Gasteiger partial charge in [-0.05, 0) is 30.3 Å². The number of aromatic nitrogens is 2. The number of H-pyrrole nitrogens is 1. The Hall–Kier alpha value is -2.83. The van der Waals surface area contributed by atoms with Gasteiger partial charge in [0.1, 0.15) is 5.56 Å². The Morgan fingerprint density at radius 2 is 1.84 bits per heavy atom. The summed E-state index contributed by atoms with van der Waals surface area (Å²) in [4.78, 5) is 30.4. The molecule has 0 bridgehead atoms. The van der Waals surface area contributed by atoms with Crippen LogP contribution in [0, 0.1) is 0 Å². The zero-order valence-electron chi connectivity index (χ0n) is 12.6. The lowest BCUT2D eigenvalue weighted by Crippen LogP contribution is -2.31. The van der Waals surface area contributed by atoms with Gasteiger partial charge in [-0.1, -0.05) is 41.4 Å². The van der Waals surface area contributed by atoms with Crippen LogP contribution >= 0.6 is 23.2 Å². The molecule has 0 radical (unpaired) electrons. The third-order valence-electron chi connectivity index (χ3n) is 3.37. The third kappa shape index (κ3) is 3.50. The van der Waals surface area contributed by atoms with E-state index in [1.165, 1.54) is 6.07 Å². The number of hydrogen-bond acceptors (Lipinski definition) is 4. The first-order valence-electron chi connectivity index (χ1n) is 7.10. The number of aliphatic imine (C=N–C) groups is 1. The van der Waals surface area contributed by atoms with Gasteiger partial charge in [-0.2, -0.15) is 0 Å². The van der Waals surface area contributed by atoms with Crippen molar-refractivity contribution in [1.82, 2.24) is 9.55 Å². The van der Waals surface area contributed by atoms with Gasteiger partial charge in [0.15, 0.2) is 0 Å². The molecule has 126 valence electrons. The molecule has 3 aromatic rings. The molecule has 0 aliphatic rings. The summed E-state index contributed by atoms with van der Waals surface area (Å²) in [6, 6.07) is 13.1. The van der Waals surface area contributed by atoms with Crippen molar-refractivity contribution in [2.45, 2.75) is 0 Å². The second kappa shape index (κ2) is 6.96. The van der Waals surface area contributed by atoms with Crippen LogP contribution in [-0.4, -0.2) is 20.9 Å². The number of nitrogens with zero attached hydrogens (tertiary/aromatic N) is 2. The largest absolute Gasteiger partial charge is 0.493 e. The van der Waals surface area contributed by atoms with Gasteiger partial charge < -0.3 is 5.11 Å². The van der Waals surface area contributed by atoms with Crippen molar-refractivity contribution in [2.75, 3.05) is 0 Å². The fourth-order valence-electron chi connectivity index (χ4n) is 2.20. The van der Waals surface area contributed by atoms with E-state index in [-0.39, 0.29) is 5.56 Å². The molecule has 3 rings (SSSR count). The van der Waals surface area contributed by atoms with Crippen molar-refractivity contribution in [3.8, 4) is 11.6 Å². The second-order valence-corrected chi connectivity index (χ2v) is 5.87. The summed E-state index contributed by atoms with van der Waals surface area (Å²) in [7, 11) is 0. The minimum atomic E-state index is -0.792. The number of aromatic amines is 1. The van der Waals surface area contributed by atoms with Crippen LogP contribution in [0.3, 0.4) is 0 Å². The Bertz CT molecular complexity index is 1090. The second-order valence-electron chi connectivity index (χ2n) is 5.02. The van der Waals surface area contributed by atoms with Gasteiger partial charge in [-0.15, -0.1) is 0 Å². The lowest BCUT2D eigenvalue weighted by Gasteiger charge is -2.09. The normalized spacial score (nSPS) is 11.1. The van der Waals surface area contributed by atoms with Crippen LogP contribution in [0.25, 0.3) is 5.69 Å². The predicted octanol–water partition coefficient (Wildman–Crippen LogP) is 3.29. The number of halogens is 2. The zero-order valence-corrected chi connectivity index (χ0v) is 14.1. The van der Waals surface area contributed by atoms with Gasteiger partial charge in [-0.25, -0.2) is 9.36 Å². The van der Waals surface area contributed by atoms with Gasteiger partial charge >= 0.3 is 5.69 Å². The van der Waals surface area contributed by atoms with E-state index >= 15 is 0 Å². The Kier molecular flexibility index (Phi) is 4.74. The maximum Gasteiger partial charge on any atom is 0.335 e. The van der Waals surface area contributed by atoms with Gasteiger partial charge in [0.25, 0.3) is 5.56 Å². The smallest absolute Gasteiger partial charge is 0.335 e. The van der Waals surface area contributed by atoms with Crippen molar-refractivity contribution in [1.29, 1.82) is 0 Å². The fraction of sp³-hybridized carbons (Fsp3) is 0. The molecule has 0 fully saturated rings. The molecule has 0 aliphatic carbocycles. The molecule has 0 atom stereocenters. The molecular weight excluding hydrogens is 365 g/mol. The highest BCUT2D eigenvalue weighted by molar-refractivity contribution is 6.33. The first-order chi connectivity index (χ1) is 12.0. The zero-order chi connectivity index (χ0) is 18.0. The third-order valence-corrected chi connectivity index (χ3v) is 3.93. The quantitative estimate of drug-likeness (QED) is 0.688. The van der Waals surface area contributed by atoms with Crippen molar-refractivity contribution in [2.24, 2.45) is 4.99 Å². The summed E-state index contributed by atoms with van der Waals surface area (Å²) in [5.74, 6) is -0.549. The van der Waals surface area contributed by atoms with Crippen LogP contribution in [0.4, 0.5) is 5.69 Å². The molecule has 0 saturated carbocycles. The van der Waals surface area contributed by atoms with E-state index < -0.39 is 17.1 Å². The van der Waals surface area contributed by atoms with Gasteiger partial charge in [0, 0.05) is 11.2 Å². The fourth-order valence-corrected chi connectivity index (χ4v) is 2.57. The first kappa shape index (κ1) is 17.0. The number of rotatable bonds is 3. The van der Waals surface area contributed by atoms with E-state index in [4.69, 9.17) is 23.2 Å². The number of para-hydroxylation sites is 1. The van der Waals surface area contributed by atoms with Crippen LogP contribution < -0.4 is 11.2 Å². The van der Waals surface area contributed by atoms with Crippen LogP contribution in [-0.2, 0) is 0 Å². The maximum absolute atomic E-state index is 12.1. The molecular formula is C17H11Cl2N3O3. The van der Waals surface area contributed by atoms with Crippen molar-refractivity contribution < 1.29 is 5.11 Å². The lowest BCUT2D eigenvalue weighted by atomic mass is 10.3. The summed E-state index contributed by atoms with van der Waals surface area (Å²) < 4.78 is 0.932. The average Bonchev–Trinajstić information content (AvgIpc) is 2.56. The van der Waals surface area contributed by atoms with E-state index in [0.717, 1.165) is 10.8 Å². The Labute approximate surface area is 151 Å². The number of hydrogen-bond donors (Lipinski definition) is 2. The SMILES string of the molecule is O=c1[nH]c(=O)n(-c2cccc(Cl)c2)c(O)c1C=Nc1ccccc1Cl. The molecule has 6 nitrogen and oxygen atoms in total. The molecule has 0 amide bonds. The van der Waals surface area contributed by atoms with Crippen molar-refractivity contribution in [3.05, 3.63) is 85.0 Å². The number of nitrogens with one attached hydrogen (secondary N) is 1. The molecule has 0 aliphatic heterocycles. The molecule has 0 saturated heterocycles. The molecule has 0 spiro atoms. The monoisotopic (exact) mass is 375 g/mol. The van der Waals surface area contributed by atoms with Crippen molar-refractivity contribution >= 4 is 35.1 Å². The maximum atomic E-state index is 12.1. The summed E-state index contributed by atoms with van der Waals surface area (Å²) in [5.41, 5.74) is -1.02. The predicted molar refractivity (Wildman–Crippen MR) is 98.0 cm³/mol. The van der Waals surface area contributed by atoms with Gasteiger partial charge in [0.2, 0.25) is 5.88 Å². The summed E-state index contributed by atoms with van der Waals surface area (Å²) >= 11 is 11.9. The Morgan fingerprint density at radius 1 is 1.08 bits per heavy atom. The Balaban J connectivity index is 2.16. The van der Waals surface area contributed by atoms with E-state index in [0.29, 0.717) is 21.4 Å². The van der Waals surface area contributed by atoms with E-state index in [9.17, 15) is 14.7 Å². The molecule has 2 N–H and O–H groups in total. The topological polar surface area (TPSA) is 87.5 Å². The highest BCUT2D eigenvalue weighted by Crippen LogP contribution is 2.24. The van der Waals surface area contributed by atoms with E-state index in [1.807, 2.05) is 0 Å². The van der Waals surface area contributed by atoms with Crippen molar-refractivity contribution in [3.63, 3.8) is 0 Å². The summed E-state index contributed by atoms with van der Waals surface area (Å²) in [6.07, 6.45) is 1.15. The highest BCUT2D eigenvalue weighted by Gasteiger charge is 2.14. The molecule has 1 aromatic heterocycles. The molecule has 8 heteroatoms. The molecule has 0 unspecified atom stereocenters. The van der Waals surface area contributed by atoms with Gasteiger partial charge in [0.05, 0.1) is 16.4 Å².